The van der Waals surface area contributed by atoms with Gasteiger partial charge in [0.2, 0.25) is 28.8 Å². The molecule has 1 amide bonds. The lowest BCUT2D eigenvalue weighted by atomic mass is 10.2. The van der Waals surface area contributed by atoms with Gasteiger partial charge in [0.15, 0.2) is 11.6 Å². The molecule has 97 heavy (non-hydrogen) atoms. The van der Waals surface area contributed by atoms with Crippen LogP contribution in [0.3, 0.4) is 0 Å². The number of carbonyl (C=O) groups is 2. The smallest absolute Gasteiger partial charge is 0.418 e. The number of carbonyl (C=O) groups excluding carboxylic acids is 2. The van der Waals surface area contributed by atoms with E-state index in [1.807, 2.05) is 176 Å². The summed E-state index contributed by atoms with van der Waals surface area (Å²) in [5, 5.41) is 18.1. The predicted molar refractivity (Wildman–Crippen MR) is 381 cm³/mol. The number of ether oxygens (including phenoxy) is 4. The number of H-pyrrole nitrogens is 1. The number of primary amides is 1. The lowest BCUT2D eigenvalue weighted by Crippen LogP contribution is -2.26. The van der Waals surface area contributed by atoms with E-state index in [1.165, 1.54) is 39.9 Å². The average Bonchev–Trinajstić information content (AvgIpc) is 1.83. The molecule has 5 heterocycles. The third-order valence-corrected chi connectivity index (χ3v) is 17.0. The standard InChI is InChI=1S/C29H29N5O3S.C24H23N5O2S.C20H17ClN4OS/c1-29(2,3)37-28(35)34-14-13-22(18-34)26-31-17-25(38-24-11-9-20(16-30)10-12-24)27(32-26)36-19-21-7-6-8-23(15-21)33(4)5;1-29(2)19-5-3-4-16(12-19)15-31-24-21(14-27-23(28-24)18-10-11-26-13-18)32-20-8-6-17(7-9-20)22(25)30;1-25(2)16-5-3-4-15(10-16)13-26-19-18(12-23-20(21)24-19)27-17-8-6-14(11-22)7-9-17/h6-15,17-18H,19H2,1-5H3;3-14,26H,15H2,1-2H3,(H2,25,30);3-10,12H,13H2,1-2H3. The zero-order valence-electron chi connectivity index (χ0n) is 54.7. The molecule has 0 unspecified atom stereocenters. The van der Waals surface area contributed by atoms with E-state index in [0.717, 1.165) is 68.7 Å². The molecule has 11 rings (SSSR count). The number of halogens is 1. The molecule has 0 aliphatic rings. The van der Waals surface area contributed by atoms with Gasteiger partial charge in [0.1, 0.15) is 25.4 Å². The maximum atomic E-state index is 12.5. The predicted octanol–water partition coefficient (Wildman–Crippen LogP) is 15.6. The van der Waals surface area contributed by atoms with E-state index in [4.69, 9.17) is 51.8 Å². The Morgan fingerprint density at radius 1 is 0.557 bits per heavy atom. The fourth-order valence-electron chi connectivity index (χ4n) is 8.76. The van der Waals surface area contributed by atoms with Crippen molar-refractivity contribution in [1.82, 2.24) is 39.5 Å². The quantitative estimate of drug-likeness (QED) is 0.0634. The maximum Gasteiger partial charge on any atom is 0.418 e. The van der Waals surface area contributed by atoms with Crippen molar-refractivity contribution in [3.63, 3.8) is 0 Å². The number of nitrogens with one attached hydrogen (secondary N) is 1. The summed E-state index contributed by atoms with van der Waals surface area (Å²) in [5.74, 6) is 1.90. The molecule has 0 bridgehead atoms. The topological polar surface area (TPSA) is 252 Å². The Balaban J connectivity index is 0.000000173. The molecular weight excluding hydrogens is 1300 g/mol. The highest BCUT2D eigenvalue weighted by molar-refractivity contribution is 8.00. The number of anilines is 3. The normalized spacial score (nSPS) is 10.7. The molecule has 5 aromatic heterocycles. The molecule has 0 radical (unpaired) electrons. The third-order valence-electron chi connectivity index (χ3n) is 13.7. The van der Waals surface area contributed by atoms with Crippen molar-refractivity contribution < 1.29 is 28.5 Å². The van der Waals surface area contributed by atoms with Crippen molar-refractivity contribution in [3.05, 3.63) is 240 Å². The van der Waals surface area contributed by atoms with Gasteiger partial charge in [-0.15, -0.1) is 0 Å². The Labute approximate surface area is 581 Å². The zero-order valence-corrected chi connectivity index (χ0v) is 57.9. The number of aromatic nitrogens is 8. The average molecular weight is 1370 g/mol. The summed E-state index contributed by atoms with van der Waals surface area (Å²) >= 11 is 10.3. The van der Waals surface area contributed by atoms with Gasteiger partial charge in [-0.1, -0.05) is 71.7 Å². The molecule has 20 nitrogen and oxygen atoms in total. The lowest BCUT2D eigenvalue weighted by molar-refractivity contribution is 0.0537. The van der Waals surface area contributed by atoms with Crippen LogP contribution in [0.2, 0.25) is 5.28 Å². The van der Waals surface area contributed by atoms with Gasteiger partial charge in [-0.05, 0) is 170 Å². The molecule has 0 spiro atoms. The van der Waals surface area contributed by atoms with Crippen molar-refractivity contribution in [2.45, 2.75) is 75.6 Å². The van der Waals surface area contributed by atoms with Gasteiger partial charge in [-0.2, -0.15) is 25.5 Å². The van der Waals surface area contributed by atoms with Crippen LogP contribution < -0.4 is 34.6 Å². The largest absolute Gasteiger partial charge is 0.472 e. The summed E-state index contributed by atoms with van der Waals surface area (Å²) in [4.78, 5) is 64.7. The van der Waals surface area contributed by atoms with E-state index in [-0.39, 0.29) is 5.28 Å². The van der Waals surface area contributed by atoms with Gasteiger partial charge in [-0.3, -0.25) is 9.36 Å². The van der Waals surface area contributed by atoms with Crippen LogP contribution in [0.25, 0.3) is 22.8 Å². The number of hydrogen-bond acceptors (Lipinski definition) is 20. The molecule has 0 aliphatic heterocycles. The monoisotopic (exact) mass is 1370 g/mol. The Morgan fingerprint density at radius 2 is 0.969 bits per heavy atom. The Bertz CT molecular complexity index is 4560. The number of nitrogens with two attached hydrogens (primary N) is 1. The van der Waals surface area contributed by atoms with E-state index in [1.54, 1.807) is 73.4 Å². The molecular formula is C73H69ClN14O6S3. The van der Waals surface area contributed by atoms with Gasteiger partial charge < -0.3 is 44.4 Å². The minimum absolute atomic E-state index is 0.135. The van der Waals surface area contributed by atoms with Gasteiger partial charge >= 0.3 is 6.09 Å². The SMILES string of the molecule is CN(C)c1cccc(COc2nc(-c3cc[nH]c3)ncc2Sc2ccc(C(N)=O)cc2)c1.CN(C)c1cccc(COc2nc(-c3ccn(C(=O)OC(C)(C)C)c3)ncc2Sc2ccc(C#N)cc2)c1.CN(C)c1cccc(COc2nc(Cl)ncc2Sc2ccc(C#N)cc2)c1. The highest BCUT2D eigenvalue weighted by Gasteiger charge is 2.21. The van der Waals surface area contributed by atoms with Crippen LogP contribution in [0.4, 0.5) is 21.9 Å². The molecule has 0 saturated carbocycles. The van der Waals surface area contributed by atoms with Crippen LogP contribution in [0.1, 0.15) is 58.9 Å². The minimum Gasteiger partial charge on any atom is -0.472 e. The summed E-state index contributed by atoms with van der Waals surface area (Å²) in [6.45, 7) is 6.52. The Morgan fingerprint density at radius 3 is 1.36 bits per heavy atom. The number of hydrogen-bond donors (Lipinski definition) is 2. The number of amides is 1. The van der Waals surface area contributed by atoms with E-state index >= 15 is 0 Å². The maximum absolute atomic E-state index is 12.5. The van der Waals surface area contributed by atoms with Crippen LogP contribution in [0.15, 0.2) is 230 Å². The first kappa shape index (κ1) is 70.5. The van der Waals surface area contributed by atoms with Gasteiger partial charge in [0.25, 0.3) is 0 Å². The Kier molecular flexibility index (Phi) is 24.4. The fourth-order valence-corrected chi connectivity index (χ4v) is 11.4. The van der Waals surface area contributed by atoms with Gasteiger partial charge in [0, 0.05) is 134 Å². The number of nitrogens with zero attached hydrogens (tertiary/aromatic N) is 12. The van der Waals surface area contributed by atoms with Crippen molar-refractivity contribution >= 4 is 75.9 Å². The molecule has 6 aromatic carbocycles. The summed E-state index contributed by atoms with van der Waals surface area (Å²) in [5.41, 5.74) is 14.3. The van der Waals surface area contributed by atoms with Crippen molar-refractivity contribution in [1.29, 1.82) is 10.5 Å². The summed E-state index contributed by atoms with van der Waals surface area (Å²) in [6.07, 6.45) is 11.6. The molecule has 24 heteroatoms. The first-order chi connectivity index (χ1) is 46.6. The van der Waals surface area contributed by atoms with Crippen LogP contribution in [-0.4, -0.2) is 99.3 Å². The molecule has 0 saturated heterocycles. The molecule has 0 fully saturated rings. The first-order valence-corrected chi connectivity index (χ1v) is 32.9. The lowest BCUT2D eigenvalue weighted by Gasteiger charge is -2.19. The minimum atomic E-state index is -0.604. The van der Waals surface area contributed by atoms with Gasteiger partial charge in [0.05, 0.1) is 38.0 Å². The Hall–Kier alpha value is -10.8. The fraction of sp³-hybridized carbons (Fsp3) is 0.178. The summed E-state index contributed by atoms with van der Waals surface area (Å²) in [7, 11) is 12.0. The van der Waals surface area contributed by atoms with Crippen molar-refractivity contribution in [2.75, 3.05) is 57.0 Å². The zero-order chi connectivity index (χ0) is 69.0. The number of aromatic amines is 1. The van der Waals surface area contributed by atoms with Crippen LogP contribution >= 0.6 is 46.9 Å². The first-order valence-electron chi connectivity index (χ1n) is 30.1. The van der Waals surface area contributed by atoms with Gasteiger partial charge in [-0.25, -0.2) is 19.7 Å². The molecule has 3 N–H and O–H groups in total. The molecule has 492 valence electrons. The van der Waals surface area contributed by atoms with Crippen LogP contribution in [-0.2, 0) is 24.6 Å². The van der Waals surface area contributed by atoms with E-state index in [2.05, 4.69) is 71.2 Å². The highest BCUT2D eigenvalue weighted by Crippen LogP contribution is 2.38. The van der Waals surface area contributed by atoms with Crippen molar-refractivity contribution in [3.8, 4) is 52.6 Å². The van der Waals surface area contributed by atoms with Crippen LogP contribution in [0, 0.1) is 22.7 Å². The summed E-state index contributed by atoms with van der Waals surface area (Å²) < 4.78 is 25.1. The van der Waals surface area contributed by atoms with Crippen molar-refractivity contribution in [2.24, 2.45) is 5.73 Å². The second-order valence-electron chi connectivity index (χ2n) is 22.9. The molecule has 0 aliphatic carbocycles. The summed E-state index contributed by atoms with van der Waals surface area (Å²) in [6, 6.07) is 54.0. The number of nitriles is 2. The number of benzene rings is 6. The number of rotatable bonds is 21. The second-order valence-corrected chi connectivity index (χ2v) is 26.6. The third kappa shape index (κ3) is 20.8. The second kappa shape index (κ2) is 33.5. The molecule has 11 aromatic rings. The molecule has 0 atom stereocenters. The van der Waals surface area contributed by atoms with E-state index in [9.17, 15) is 9.59 Å². The highest BCUT2D eigenvalue weighted by atomic mass is 35.5. The van der Waals surface area contributed by atoms with E-state index in [0.29, 0.717) is 71.4 Å². The van der Waals surface area contributed by atoms with E-state index < -0.39 is 17.6 Å². The van der Waals surface area contributed by atoms with Crippen LogP contribution in [0.5, 0.6) is 17.6 Å².